The molecule has 7 nitrogen and oxygen atoms in total. The van der Waals surface area contributed by atoms with Crippen molar-refractivity contribution in [3.63, 3.8) is 0 Å². The molecule has 0 saturated heterocycles. The van der Waals surface area contributed by atoms with E-state index in [2.05, 4.69) is 0 Å². The third-order valence-electron chi connectivity index (χ3n) is 3.50. The first-order valence-corrected chi connectivity index (χ1v) is 7.16. The van der Waals surface area contributed by atoms with Crippen molar-refractivity contribution in [1.29, 1.82) is 0 Å². The number of non-ortho nitro benzene ring substituents is 1. The molecule has 1 heterocycles. The Kier molecular flexibility index (Phi) is 4.25. The second-order valence-corrected chi connectivity index (χ2v) is 5.83. The topological polar surface area (TPSA) is 81.9 Å². The number of hydrogen-bond acceptors (Lipinski definition) is 6. The number of nitrogens with zero attached hydrogens (tertiary/aromatic N) is 2. The summed E-state index contributed by atoms with van der Waals surface area (Å²) in [7, 11) is 0. The van der Waals surface area contributed by atoms with Crippen LogP contribution in [0.2, 0.25) is 0 Å². The predicted octanol–water partition coefficient (Wildman–Crippen LogP) is 2.52. The molecule has 1 atom stereocenters. The van der Waals surface area contributed by atoms with Crippen molar-refractivity contribution in [3.05, 3.63) is 28.3 Å². The number of carbonyl (C=O) groups excluding carboxylic acids is 1. The molecule has 1 aliphatic rings. The Morgan fingerprint density at radius 2 is 2.23 bits per heavy atom. The maximum Gasteiger partial charge on any atom is 0.328 e. The second-order valence-electron chi connectivity index (χ2n) is 5.83. The SMILES string of the molecule is CCOC(=O)C(C)N1CC(C)(C)Oc2ccc([N+](=O)[O-])cc21. The van der Waals surface area contributed by atoms with Crippen molar-refractivity contribution >= 4 is 17.3 Å². The lowest BCUT2D eigenvalue weighted by molar-refractivity contribution is -0.384. The maximum absolute atomic E-state index is 12.0. The van der Waals surface area contributed by atoms with Gasteiger partial charge in [-0.2, -0.15) is 0 Å². The van der Waals surface area contributed by atoms with Crippen LogP contribution in [0.4, 0.5) is 11.4 Å². The summed E-state index contributed by atoms with van der Waals surface area (Å²) in [5.74, 6) is 0.163. The Balaban J connectivity index is 2.44. The Morgan fingerprint density at radius 1 is 1.55 bits per heavy atom. The van der Waals surface area contributed by atoms with Crippen LogP contribution in [0, 0.1) is 10.1 Å². The molecule has 0 aromatic heterocycles. The van der Waals surface area contributed by atoms with Crippen molar-refractivity contribution in [2.24, 2.45) is 0 Å². The normalized spacial score (nSPS) is 17.2. The number of rotatable bonds is 4. The summed E-state index contributed by atoms with van der Waals surface area (Å²) in [6, 6.07) is 3.84. The Labute approximate surface area is 129 Å². The number of nitro groups is 1. The summed E-state index contributed by atoms with van der Waals surface area (Å²) < 4.78 is 10.9. The molecule has 7 heteroatoms. The number of fused-ring (bicyclic) bond motifs is 1. The summed E-state index contributed by atoms with van der Waals surface area (Å²) in [4.78, 5) is 24.4. The third-order valence-corrected chi connectivity index (χ3v) is 3.50. The van der Waals surface area contributed by atoms with Crippen LogP contribution < -0.4 is 9.64 Å². The van der Waals surface area contributed by atoms with Gasteiger partial charge in [-0.1, -0.05) is 0 Å². The van der Waals surface area contributed by atoms with Gasteiger partial charge in [0.15, 0.2) is 0 Å². The summed E-state index contributed by atoms with van der Waals surface area (Å²) in [5, 5.41) is 11.0. The van der Waals surface area contributed by atoms with Gasteiger partial charge in [0.25, 0.3) is 5.69 Å². The molecule has 0 spiro atoms. The second kappa shape index (κ2) is 5.82. The molecule has 1 aromatic rings. The van der Waals surface area contributed by atoms with E-state index < -0.39 is 16.6 Å². The Bertz CT molecular complexity index is 600. The van der Waals surface area contributed by atoms with Crippen LogP contribution in [-0.4, -0.2) is 35.7 Å². The Hall–Kier alpha value is -2.31. The van der Waals surface area contributed by atoms with Gasteiger partial charge in [0, 0.05) is 12.1 Å². The molecule has 22 heavy (non-hydrogen) atoms. The zero-order valence-corrected chi connectivity index (χ0v) is 13.2. The monoisotopic (exact) mass is 308 g/mol. The average Bonchev–Trinajstić information content (AvgIpc) is 2.44. The van der Waals surface area contributed by atoms with Gasteiger partial charge in [-0.15, -0.1) is 0 Å². The van der Waals surface area contributed by atoms with Crippen molar-refractivity contribution in [2.45, 2.75) is 39.3 Å². The van der Waals surface area contributed by atoms with E-state index in [4.69, 9.17) is 9.47 Å². The average molecular weight is 308 g/mol. The van der Waals surface area contributed by atoms with Crippen LogP contribution in [0.5, 0.6) is 5.75 Å². The van der Waals surface area contributed by atoms with Gasteiger partial charge in [-0.3, -0.25) is 10.1 Å². The van der Waals surface area contributed by atoms with E-state index in [1.165, 1.54) is 12.1 Å². The molecule has 2 rings (SSSR count). The van der Waals surface area contributed by atoms with Gasteiger partial charge >= 0.3 is 5.97 Å². The third kappa shape index (κ3) is 3.13. The first-order valence-electron chi connectivity index (χ1n) is 7.16. The van der Waals surface area contributed by atoms with Gasteiger partial charge < -0.3 is 14.4 Å². The van der Waals surface area contributed by atoms with Crippen LogP contribution in [0.1, 0.15) is 27.7 Å². The van der Waals surface area contributed by atoms with Crippen LogP contribution >= 0.6 is 0 Å². The fourth-order valence-corrected chi connectivity index (χ4v) is 2.49. The van der Waals surface area contributed by atoms with Crippen molar-refractivity contribution in [3.8, 4) is 5.75 Å². The highest BCUT2D eigenvalue weighted by molar-refractivity contribution is 5.81. The lowest BCUT2D eigenvalue weighted by Gasteiger charge is -2.42. The van der Waals surface area contributed by atoms with Gasteiger partial charge in [0.2, 0.25) is 0 Å². The molecular weight excluding hydrogens is 288 g/mol. The molecule has 0 saturated carbocycles. The smallest absolute Gasteiger partial charge is 0.328 e. The largest absolute Gasteiger partial charge is 0.484 e. The highest BCUT2D eigenvalue weighted by atomic mass is 16.6. The number of nitro benzene ring substituents is 1. The lowest BCUT2D eigenvalue weighted by atomic mass is 10.0. The van der Waals surface area contributed by atoms with Gasteiger partial charge in [-0.25, -0.2) is 4.79 Å². The van der Waals surface area contributed by atoms with E-state index in [0.717, 1.165) is 0 Å². The van der Waals surface area contributed by atoms with Gasteiger partial charge in [-0.05, 0) is 33.8 Å². The van der Waals surface area contributed by atoms with Gasteiger partial charge in [0.1, 0.15) is 17.4 Å². The first kappa shape index (κ1) is 16.1. The minimum absolute atomic E-state index is 0.0388. The van der Waals surface area contributed by atoms with Crippen LogP contribution in [0.25, 0.3) is 0 Å². The van der Waals surface area contributed by atoms with E-state index in [-0.39, 0.29) is 11.7 Å². The Morgan fingerprint density at radius 3 is 2.82 bits per heavy atom. The molecule has 0 fully saturated rings. The highest BCUT2D eigenvalue weighted by Crippen LogP contribution is 2.40. The number of benzene rings is 1. The quantitative estimate of drug-likeness (QED) is 0.483. The summed E-state index contributed by atoms with van der Waals surface area (Å²) in [6.45, 7) is 8.00. The fourth-order valence-electron chi connectivity index (χ4n) is 2.49. The first-order chi connectivity index (χ1) is 10.2. The standard InChI is InChI=1S/C15H20N2O5/c1-5-21-14(18)10(2)16-9-15(3,4)22-13-7-6-11(17(19)20)8-12(13)16/h6-8,10H,5,9H2,1-4H3. The molecular formula is C15H20N2O5. The summed E-state index contributed by atoms with van der Waals surface area (Å²) in [5.41, 5.74) is -0.0126. The van der Waals surface area contributed by atoms with Gasteiger partial charge in [0.05, 0.1) is 23.8 Å². The fraction of sp³-hybridized carbons (Fsp3) is 0.533. The van der Waals surface area contributed by atoms with E-state index >= 15 is 0 Å². The van der Waals surface area contributed by atoms with E-state index in [9.17, 15) is 14.9 Å². The molecule has 0 radical (unpaired) electrons. The molecule has 1 aliphatic heterocycles. The molecule has 0 amide bonds. The number of carbonyl (C=O) groups is 1. The maximum atomic E-state index is 12.0. The highest BCUT2D eigenvalue weighted by Gasteiger charge is 2.37. The predicted molar refractivity (Wildman–Crippen MR) is 81.2 cm³/mol. The van der Waals surface area contributed by atoms with Crippen LogP contribution in [0.3, 0.4) is 0 Å². The molecule has 0 bridgehead atoms. The zero-order valence-electron chi connectivity index (χ0n) is 13.2. The number of anilines is 1. The molecule has 1 unspecified atom stereocenters. The van der Waals surface area contributed by atoms with E-state index in [1.807, 2.05) is 13.8 Å². The minimum atomic E-state index is -0.552. The minimum Gasteiger partial charge on any atom is -0.484 e. The number of ether oxygens (including phenoxy) is 2. The van der Waals surface area contributed by atoms with Crippen molar-refractivity contribution in [2.75, 3.05) is 18.1 Å². The number of hydrogen-bond donors (Lipinski definition) is 0. The summed E-state index contributed by atoms with van der Waals surface area (Å²) >= 11 is 0. The molecule has 1 aromatic carbocycles. The molecule has 120 valence electrons. The molecule has 0 N–H and O–H groups in total. The van der Waals surface area contributed by atoms with Crippen LogP contribution in [-0.2, 0) is 9.53 Å². The molecule has 0 aliphatic carbocycles. The van der Waals surface area contributed by atoms with Crippen molar-refractivity contribution in [1.82, 2.24) is 0 Å². The zero-order chi connectivity index (χ0) is 16.5. The number of esters is 1. The lowest BCUT2D eigenvalue weighted by Crippen LogP contribution is -2.52. The summed E-state index contributed by atoms with van der Waals surface area (Å²) in [6.07, 6.45) is 0. The van der Waals surface area contributed by atoms with E-state index in [1.54, 1.807) is 24.8 Å². The van der Waals surface area contributed by atoms with Crippen LogP contribution in [0.15, 0.2) is 18.2 Å². The van der Waals surface area contributed by atoms with Crippen molar-refractivity contribution < 1.29 is 19.2 Å². The van der Waals surface area contributed by atoms with E-state index in [0.29, 0.717) is 24.6 Å².